The van der Waals surface area contributed by atoms with Crippen LogP contribution in [0.15, 0.2) is 35.3 Å². The van der Waals surface area contributed by atoms with Gasteiger partial charge in [0.15, 0.2) is 5.96 Å². The number of nitrogens with one attached hydrogen (secondary N) is 2. The van der Waals surface area contributed by atoms with Crippen molar-refractivity contribution in [3.8, 4) is 5.75 Å². The Hall–Kier alpha value is -2.05. The van der Waals surface area contributed by atoms with Gasteiger partial charge in [-0.15, -0.1) is 11.3 Å². The van der Waals surface area contributed by atoms with Crippen LogP contribution in [0, 0.1) is 13.8 Å². The summed E-state index contributed by atoms with van der Waals surface area (Å²) in [7, 11) is 1.67. The van der Waals surface area contributed by atoms with Crippen LogP contribution in [0.1, 0.15) is 27.8 Å². The molecule has 0 saturated carbocycles. The number of thiophene rings is 1. The molecule has 0 fully saturated rings. The number of methoxy groups -OCH3 is 1. The number of aryl methyl sites for hydroxylation is 2. The Morgan fingerprint density at radius 1 is 1.12 bits per heavy atom. The molecule has 2 aromatic rings. The molecule has 0 amide bonds. The lowest BCUT2D eigenvalue weighted by molar-refractivity contribution is 0.145. The first-order valence-electron chi connectivity index (χ1n) is 8.91. The van der Waals surface area contributed by atoms with E-state index in [9.17, 15) is 0 Å². The number of ether oxygens (including phenoxy) is 2. The van der Waals surface area contributed by atoms with E-state index < -0.39 is 0 Å². The number of guanidine groups is 1. The molecule has 26 heavy (non-hydrogen) atoms. The van der Waals surface area contributed by atoms with Crippen molar-refractivity contribution >= 4 is 17.3 Å². The van der Waals surface area contributed by atoms with Crippen LogP contribution in [0.2, 0.25) is 0 Å². The summed E-state index contributed by atoms with van der Waals surface area (Å²) < 4.78 is 10.9. The lowest BCUT2D eigenvalue weighted by Crippen LogP contribution is -2.36. The van der Waals surface area contributed by atoms with Gasteiger partial charge in [-0.1, -0.05) is 12.1 Å². The zero-order valence-corrected chi connectivity index (χ0v) is 16.9. The van der Waals surface area contributed by atoms with Crippen molar-refractivity contribution in [2.75, 3.05) is 26.9 Å². The SMILES string of the molecule is CCNC(=NCc1ccc(C)cc1OCCOC)NCc1ccc(C)s1. The highest BCUT2D eigenvalue weighted by molar-refractivity contribution is 7.11. The zero-order valence-electron chi connectivity index (χ0n) is 16.1. The fourth-order valence-corrected chi connectivity index (χ4v) is 3.25. The molecule has 1 aromatic heterocycles. The molecule has 0 unspecified atom stereocenters. The summed E-state index contributed by atoms with van der Waals surface area (Å²) in [6.45, 7) is 9.50. The second kappa shape index (κ2) is 10.8. The van der Waals surface area contributed by atoms with E-state index in [0.717, 1.165) is 30.4 Å². The topological polar surface area (TPSA) is 54.9 Å². The molecule has 0 saturated heterocycles. The number of nitrogens with zero attached hydrogens (tertiary/aromatic N) is 1. The van der Waals surface area contributed by atoms with Gasteiger partial charge in [-0.2, -0.15) is 0 Å². The fraction of sp³-hybridized carbons (Fsp3) is 0.450. The molecule has 0 atom stereocenters. The van der Waals surface area contributed by atoms with Gasteiger partial charge in [0.05, 0.1) is 19.7 Å². The Morgan fingerprint density at radius 2 is 1.96 bits per heavy atom. The van der Waals surface area contributed by atoms with E-state index in [1.807, 2.05) is 0 Å². The number of hydrogen-bond acceptors (Lipinski definition) is 4. The normalized spacial score (nSPS) is 11.5. The molecule has 2 N–H and O–H groups in total. The fourth-order valence-electron chi connectivity index (χ4n) is 2.42. The summed E-state index contributed by atoms with van der Waals surface area (Å²) in [6, 6.07) is 10.5. The molecule has 6 heteroatoms. The predicted molar refractivity (Wildman–Crippen MR) is 109 cm³/mol. The lowest BCUT2D eigenvalue weighted by Gasteiger charge is -2.13. The molecule has 0 radical (unpaired) electrons. The molecule has 142 valence electrons. The molecule has 1 heterocycles. The van der Waals surface area contributed by atoms with Gasteiger partial charge in [0, 0.05) is 29.0 Å². The molecule has 5 nitrogen and oxygen atoms in total. The van der Waals surface area contributed by atoms with Gasteiger partial charge >= 0.3 is 0 Å². The summed E-state index contributed by atoms with van der Waals surface area (Å²) in [5.74, 6) is 1.68. The van der Waals surface area contributed by atoms with Crippen LogP contribution >= 0.6 is 11.3 Å². The van der Waals surface area contributed by atoms with Crippen molar-refractivity contribution in [1.82, 2.24) is 10.6 Å². The minimum Gasteiger partial charge on any atom is -0.491 e. The van der Waals surface area contributed by atoms with Crippen LogP contribution in [0.3, 0.4) is 0 Å². The van der Waals surface area contributed by atoms with Gasteiger partial charge in [-0.05, 0) is 44.5 Å². The average Bonchev–Trinajstić information content (AvgIpc) is 3.04. The largest absolute Gasteiger partial charge is 0.491 e. The Bertz CT molecular complexity index is 713. The third kappa shape index (κ3) is 6.69. The van der Waals surface area contributed by atoms with Crippen LogP contribution in [0.5, 0.6) is 5.75 Å². The second-order valence-corrected chi connectivity index (χ2v) is 7.39. The van der Waals surface area contributed by atoms with Crippen LogP contribution in [-0.2, 0) is 17.8 Å². The number of hydrogen-bond donors (Lipinski definition) is 2. The highest BCUT2D eigenvalue weighted by Crippen LogP contribution is 2.21. The first-order valence-corrected chi connectivity index (χ1v) is 9.72. The number of benzene rings is 1. The van der Waals surface area contributed by atoms with Gasteiger partial charge in [0.1, 0.15) is 12.4 Å². The van der Waals surface area contributed by atoms with Crippen LogP contribution in [0.4, 0.5) is 0 Å². The smallest absolute Gasteiger partial charge is 0.191 e. The summed E-state index contributed by atoms with van der Waals surface area (Å²) in [5, 5.41) is 6.69. The molecule has 0 aliphatic heterocycles. The van der Waals surface area contributed by atoms with E-state index in [1.165, 1.54) is 15.3 Å². The van der Waals surface area contributed by atoms with Crippen molar-refractivity contribution in [2.45, 2.75) is 33.9 Å². The minimum atomic E-state index is 0.534. The van der Waals surface area contributed by atoms with E-state index in [0.29, 0.717) is 19.8 Å². The molecule has 0 aliphatic carbocycles. The van der Waals surface area contributed by atoms with E-state index in [2.05, 4.69) is 61.7 Å². The Labute approximate surface area is 160 Å². The summed E-state index contributed by atoms with van der Waals surface area (Å²) in [5.41, 5.74) is 2.24. The van der Waals surface area contributed by atoms with Gasteiger partial charge in [-0.3, -0.25) is 0 Å². The van der Waals surface area contributed by atoms with E-state index in [-0.39, 0.29) is 0 Å². The number of rotatable bonds is 9. The predicted octanol–water partition coefficient (Wildman–Crippen LogP) is 3.65. The highest BCUT2D eigenvalue weighted by Gasteiger charge is 2.06. The monoisotopic (exact) mass is 375 g/mol. The van der Waals surface area contributed by atoms with Crippen molar-refractivity contribution < 1.29 is 9.47 Å². The van der Waals surface area contributed by atoms with Gasteiger partial charge in [0.25, 0.3) is 0 Å². The van der Waals surface area contributed by atoms with Gasteiger partial charge < -0.3 is 20.1 Å². The molecular weight excluding hydrogens is 346 g/mol. The zero-order chi connectivity index (χ0) is 18.8. The molecule has 0 aliphatic rings. The first-order chi connectivity index (χ1) is 12.6. The third-order valence-electron chi connectivity index (χ3n) is 3.75. The van der Waals surface area contributed by atoms with E-state index >= 15 is 0 Å². The van der Waals surface area contributed by atoms with Gasteiger partial charge in [0.2, 0.25) is 0 Å². The van der Waals surface area contributed by atoms with Crippen LogP contribution < -0.4 is 15.4 Å². The Morgan fingerprint density at radius 3 is 2.65 bits per heavy atom. The standard InChI is InChI=1S/C20H29N3O2S/c1-5-21-20(23-14-18-9-7-16(3)26-18)22-13-17-8-6-15(2)12-19(17)25-11-10-24-4/h6-9,12H,5,10-11,13-14H2,1-4H3,(H2,21,22,23). The second-order valence-electron chi connectivity index (χ2n) is 6.01. The van der Waals surface area contributed by atoms with Crippen molar-refractivity contribution in [3.05, 3.63) is 51.2 Å². The van der Waals surface area contributed by atoms with Crippen LogP contribution in [-0.4, -0.2) is 32.8 Å². The maximum absolute atomic E-state index is 5.85. The quantitative estimate of drug-likeness (QED) is 0.399. The van der Waals surface area contributed by atoms with Crippen molar-refractivity contribution in [1.29, 1.82) is 0 Å². The van der Waals surface area contributed by atoms with Crippen LogP contribution in [0.25, 0.3) is 0 Å². The molecule has 0 spiro atoms. The lowest BCUT2D eigenvalue weighted by atomic mass is 10.1. The van der Waals surface area contributed by atoms with Crippen molar-refractivity contribution in [2.24, 2.45) is 4.99 Å². The van der Waals surface area contributed by atoms with E-state index in [1.54, 1.807) is 18.4 Å². The molecular formula is C20H29N3O2S. The third-order valence-corrected chi connectivity index (χ3v) is 4.75. The van der Waals surface area contributed by atoms with Gasteiger partial charge in [-0.25, -0.2) is 4.99 Å². The highest BCUT2D eigenvalue weighted by atomic mass is 32.1. The summed E-state index contributed by atoms with van der Waals surface area (Å²) >= 11 is 1.80. The average molecular weight is 376 g/mol. The maximum Gasteiger partial charge on any atom is 0.191 e. The Kier molecular flexibility index (Phi) is 8.44. The molecule has 1 aromatic carbocycles. The molecule has 0 bridgehead atoms. The first kappa shape index (κ1) is 20.3. The Balaban J connectivity index is 2.03. The minimum absolute atomic E-state index is 0.534. The molecule has 2 rings (SSSR count). The van der Waals surface area contributed by atoms with Crippen molar-refractivity contribution in [3.63, 3.8) is 0 Å². The summed E-state index contributed by atoms with van der Waals surface area (Å²) in [4.78, 5) is 7.33. The maximum atomic E-state index is 5.85. The number of aliphatic imine (C=N–C) groups is 1. The van der Waals surface area contributed by atoms with E-state index in [4.69, 9.17) is 14.5 Å². The summed E-state index contributed by atoms with van der Waals surface area (Å²) in [6.07, 6.45) is 0.